The van der Waals surface area contributed by atoms with E-state index in [1.165, 1.54) is 5.56 Å². The predicted octanol–water partition coefficient (Wildman–Crippen LogP) is 4.13. The molecule has 1 aliphatic rings. The topological polar surface area (TPSA) is 51.1 Å². The summed E-state index contributed by atoms with van der Waals surface area (Å²) in [6, 6.07) is 8.15. The Kier molecular flexibility index (Phi) is 4.95. The lowest BCUT2D eigenvalue weighted by molar-refractivity contribution is -0.0174. The molecule has 134 valence electrons. The van der Waals surface area contributed by atoms with E-state index in [4.69, 9.17) is 14.7 Å². The zero-order chi connectivity index (χ0) is 17.9. The van der Waals surface area contributed by atoms with Crippen molar-refractivity contribution in [1.29, 1.82) is 0 Å². The number of hydrogen-bond acceptors (Lipinski definition) is 6. The molecular formula is C20H22N4OS. The van der Waals surface area contributed by atoms with Crippen molar-refractivity contribution in [2.75, 3.05) is 18.0 Å². The summed E-state index contributed by atoms with van der Waals surface area (Å²) in [5.74, 6) is 1.73. The van der Waals surface area contributed by atoms with Crippen molar-refractivity contribution < 1.29 is 4.74 Å². The van der Waals surface area contributed by atoms with Crippen LogP contribution in [0.1, 0.15) is 31.2 Å². The second kappa shape index (κ2) is 7.51. The number of pyridine rings is 1. The molecule has 0 amide bonds. The first-order chi connectivity index (χ1) is 12.7. The summed E-state index contributed by atoms with van der Waals surface area (Å²) in [6.07, 6.45) is 4.66. The monoisotopic (exact) mass is 366 g/mol. The number of morpholine rings is 1. The van der Waals surface area contributed by atoms with Crippen molar-refractivity contribution in [3.8, 4) is 11.4 Å². The Bertz CT molecular complexity index is 854. The second-order valence-corrected chi connectivity index (χ2v) is 7.31. The molecule has 0 saturated carbocycles. The highest BCUT2D eigenvalue weighted by molar-refractivity contribution is 7.07. The van der Waals surface area contributed by atoms with Crippen LogP contribution in [0.15, 0.2) is 47.4 Å². The van der Waals surface area contributed by atoms with E-state index < -0.39 is 0 Å². The maximum atomic E-state index is 6.17. The van der Waals surface area contributed by atoms with Crippen molar-refractivity contribution >= 4 is 17.2 Å². The van der Waals surface area contributed by atoms with Crippen LogP contribution in [0, 0.1) is 0 Å². The highest BCUT2D eigenvalue weighted by Gasteiger charge is 2.28. The van der Waals surface area contributed by atoms with Crippen molar-refractivity contribution in [2.45, 2.75) is 32.5 Å². The van der Waals surface area contributed by atoms with Gasteiger partial charge in [-0.05, 0) is 47.9 Å². The molecule has 4 heterocycles. The maximum absolute atomic E-state index is 6.17. The van der Waals surface area contributed by atoms with Gasteiger partial charge in [0.1, 0.15) is 11.9 Å². The number of nitrogens with zero attached hydrogens (tertiary/aromatic N) is 4. The van der Waals surface area contributed by atoms with Crippen LogP contribution < -0.4 is 4.90 Å². The molecule has 4 rings (SSSR count). The highest BCUT2D eigenvalue weighted by atomic mass is 32.1. The van der Waals surface area contributed by atoms with Gasteiger partial charge >= 0.3 is 0 Å². The van der Waals surface area contributed by atoms with Gasteiger partial charge in [-0.2, -0.15) is 11.3 Å². The third-order valence-corrected chi connectivity index (χ3v) is 5.27. The molecule has 0 aromatic carbocycles. The minimum atomic E-state index is 0.0782. The molecule has 1 fully saturated rings. The first-order valence-electron chi connectivity index (χ1n) is 8.93. The van der Waals surface area contributed by atoms with E-state index in [-0.39, 0.29) is 12.2 Å². The van der Waals surface area contributed by atoms with Crippen LogP contribution in [0.3, 0.4) is 0 Å². The standard InChI is InChI=1S/C20H22N4OS/c1-3-17-10-19(23-20(22-17)15-4-7-21-8-5-15)24-11-14(2)25-18(12-24)16-6-9-26-13-16/h4-10,13-14,18H,3,11-12H2,1-2H3. The van der Waals surface area contributed by atoms with E-state index in [1.807, 2.05) is 12.1 Å². The molecule has 0 bridgehead atoms. The molecule has 3 aromatic rings. The van der Waals surface area contributed by atoms with E-state index in [0.717, 1.165) is 42.4 Å². The lowest BCUT2D eigenvalue weighted by atomic mass is 10.1. The Balaban J connectivity index is 1.67. The molecular weight excluding hydrogens is 344 g/mol. The molecule has 0 aliphatic carbocycles. The Hall–Kier alpha value is -2.31. The summed E-state index contributed by atoms with van der Waals surface area (Å²) in [7, 11) is 0. The van der Waals surface area contributed by atoms with Gasteiger partial charge in [0.2, 0.25) is 0 Å². The summed E-state index contributed by atoms with van der Waals surface area (Å²) in [5.41, 5.74) is 3.28. The van der Waals surface area contributed by atoms with Crippen molar-refractivity contribution in [3.05, 3.63) is 58.7 Å². The highest BCUT2D eigenvalue weighted by Crippen LogP contribution is 2.30. The number of ether oxygens (including phenoxy) is 1. The van der Waals surface area contributed by atoms with Crippen LogP contribution in [0.5, 0.6) is 0 Å². The van der Waals surface area contributed by atoms with Crippen LogP contribution in [-0.2, 0) is 11.2 Å². The summed E-state index contributed by atoms with van der Waals surface area (Å²) in [6.45, 7) is 5.88. The summed E-state index contributed by atoms with van der Waals surface area (Å²) >= 11 is 1.71. The molecule has 3 aromatic heterocycles. The van der Waals surface area contributed by atoms with E-state index in [9.17, 15) is 0 Å². The fraction of sp³-hybridized carbons (Fsp3) is 0.350. The van der Waals surface area contributed by atoms with Crippen molar-refractivity contribution in [2.24, 2.45) is 0 Å². The normalized spacial score (nSPS) is 20.3. The Morgan fingerprint density at radius 2 is 2.04 bits per heavy atom. The number of thiophene rings is 1. The molecule has 1 saturated heterocycles. The first-order valence-corrected chi connectivity index (χ1v) is 9.88. The average molecular weight is 366 g/mol. The molecule has 1 aliphatic heterocycles. The van der Waals surface area contributed by atoms with Gasteiger partial charge < -0.3 is 9.64 Å². The fourth-order valence-corrected chi connectivity index (χ4v) is 3.94. The Morgan fingerprint density at radius 1 is 1.19 bits per heavy atom. The number of aromatic nitrogens is 3. The molecule has 0 radical (unpaired) electrons. The molecule has 2 unspecified atom stereocenters. The van der Waals surface area contributed by atoms with Gasteiger partial charge in [0.25, 0.3) is 0 Å². The van der Waals surface area contributed by atoms with E-state index >= 15 is 0 Å². The van der Waals surface area contributed by atoms with Crippen molar-refractivity contribution in [1.82, 2.24) is 15.0 Å². The van der Waals surface area contributed by atoms with Gasteiger partial charge in [-0.25, -0.2) is 9.97 Å². The molecule has 2 atom stereocenters. The van der Waals surface area contributed by atoms with E-state index in [0.29, 0.717) is 0 Å². The molecule has 0 spiro atoms. The maximum Gasteiger partial charge on any atom is 0.161 e. The largest absolute Gasteiger partial charge is 0.367 e. The van der Waals surface area contributed by atoms with Crippen LogP contribution >= 0.6 is 11.3 Å². The van der Waals surface area contributed by atoms with E-state index in [1.54, 1.807) is 23.7 Å². The molecule has 0 N–H and O–H groups in total. The summed E-state index contributed by atoms with van der Waals surface area (Å²) in [4.78, 5) is 16.0. The molecule has 5 nitrogen and oxygen atoms in total. The minimum Gasteiger partial charge on any atom is -0.367 e. The van der Waals surface area contributed by atoms with Gasteiger partial charge in [-0.1, -0.05) is 6.92 Å². The zero-order valence-electron chi connectivity index (χ0n) is 15.0. The summed E-state index contributed by atoms with van der Waals surface area (Å²) < 4.78 is 6.17. The van der Waals surface area contributed by atoms with Crippen LogP contribution in [0.25, 0.3) is 11.4 Å². The minimum absolute atomic E-state index is 0.0782. The lowest BCUT2D eigenvalue weighted by Gasteiger charge is -2.37. The van der Waals surface area contributed by atoms with E-state index in [2.05, 4.69) is 46.6 Å². The van der Waals surface area contributed by atoms with Crippen LogP contribution in [-0.4, -0.2) is 34.1 Å². The SMILES string of the molecule is CCc1cc(N2CC(C)OC(c3ccsc3)C2)nc(-c2ccncc2)n1. The average Bonchev–Trinajstić information content (AvgIpc) is 3.23. The predicted molar refractivity (Wildman–Crippen MR) is 104 cm³/mol. The smallest absolute Gasteiger partial charge is 0.161 e. The number of aryl methyl sites for hydroxylation is 1. The van der Waals surface area contributed by atoms with Gasteiger partial charge in [0, 0.05) is 42.8 Å². The van der Waals surface area contributed by atoms with Crippen LogP contribution in [0.4, 0.5) is 5.82 Å². The third-order valence-electron chi connectivity index (χ3n) is 4.57. The van der Waals surface area contributed by atoms with Gasteiger partial charge in [0.05, 0.1) is 6.10 Å². The fourth-order valence-electron chi connectivity index (χ4n) is 3.24. The van der Waals surface area contributed by atoms with Crippen LogP contribution in [0.2, 0.25) is 0 Å². The third kappa shape index (κ3) is 3.61. The first kappa shape index (κ1) is 17.1. The zero-order valence-corrected chi connectivity index (χ0v) is 15.8. The number of anilines is 1. The second-order valence-electron chi connectivity index (χ2n) is 6.53. The lowest BCUT2D eigenvalue weighted by Crippen LogP contribution is -2.43. The Labute approximate surface area is 157 Å². The quantitative estimate of drug-likeness (QED) is 0.695. The van der Waals surface area contributed by atoms with Gasteiger partial charge in [0.15, 0.2) is 5.82 Å². The van der Waals surface area contributed by atoms with Gasteiger partial charge in [-0.3, -0.25) is 4.98 Å². The van der Waals surface area contributed by atoms with Crippen molar-refractivity contribution in [3.63, 3.8) is 0 Å². The Morgan fingerprint density at radius 3 is 2.77 bits per heavy atom. The number of rotatable bonds is 4. The molecule has 26 heavy (non-hydrogen) atoms. The summed E-state index contributed by atoms with van der Waals surface area (Å²) in [5, 5.41) is 4.27. The number of hydrogen-bond donors (Lipinski definition) is 0. The molecule has 6 heteroatoms. The van der Waals surface area contributed by atoms with Gasteiger partial charge in [-0.15, -0.1) is 0 Å².